The molecule has 0 aliphatic rings. The van der Waals surface area contributed by atoms with Crippen LogP contribution in [0.15, 0.2) is 36.5 Å². The second-order valence-electron chi connectivity index (χ2n) is 5.43. The molecule has 0 atom stereocenters. The molecule has 0 saturated carbocycles. The van der Waals surface area contributed by atoms with E-state index in [1.807, 2.05) is 43.3 Å². The number of nitrogens with one attached hydrogen (secondary N) is 1. The normalized spacial score (nSPS) is 10.7. The molecule has 4 rings (SSSR count). The Kier molecular flexibility index (Phi) is 3.32. The fourth-order valence-electron chi connectivity index (χ4n) is 2.63. The Labute approximate surface area is 142 Å². The van der Waals surface area contributed by atoms with Gasteiger partial charge in [0.15, 0.2) is 11.5 Å². The minimum atomic E-state index is 0.0612. The molecule has 25 heavy (non-hydrogen) atoms. The molecule has 0 aliphatic carbocycles. The number of nitriles is 1. The molecule has 3 N–H and O–H groups in total. The van der Waals surface area contributed by atoms with Gasteiger partial charge in [0, 0.05) is 17.1 Å². The summed E-state index contributed by atoms with van der Waals surface area (Å²) in [7, 11) is 0. The van der Waals surface area contributed by atoms with Gasteiger partial charge in [0.1, 0.15) is 23.2 Å². The monoisotopic (exact) mass is 328 g/mol. The molecular weight excluding hydrogens is 316 g/mol. The first-order chi connectivity index (χ1) is 12.2. The van der Waals surface area contributed by atoms with Crippen molar-refractivity contribution < 1.29 is 0 Å². The lowest BCUT2D eigenvalue weighted by molar-refractivity contribution is 0.928. The van der Waals surface area contributed by atoms with Crippen molar-refractivity contribution in [2.75, 3.05) is 5.73 Å². The van der Waals surface area contributed by atoms with Crippen LogP contribution in [0.25, 0.3) is 33.5 Å². The van der Waals surface area contributed by atoms with E-state index in [0.717, 1.165) is 16.5 Å². The standard InChI is InChI=1S/C17H12N8/c1-9-14(24-25-23-9)16-15(21-13(8-18)17(19)22-16)11-4-5-12-10(7-11)3-2-6-20-12/h2-7H,1H3,(H2,19,22)(H,23,24,25). The number of aryl methyl sites for hydroxylation is 1. The summed E-state index contributed by atoms with van der Waals surface area (Å²) in [6.07, 6.45) is 1.74. The van der Waals surface area contributed by atoms with Crippen LogP contribution < -0.4 is 5.73 Å². The third kappa shape index (κ3) is 2.44. The minimum absolute atomic E-state index is 0.0612. The van der Waals surface area contributed by atoms with Crippen molar-refractivity contribution in [1.82, 2.24) is 30.4 Å². The van der Waals surface area contributed by atoms with Gasteiger partial charge in [-0.05, 0) is 25.1 Å². The number of aromatic nitrogens is 6. The lowest BCUT2D eigenvalue weighted by Crippen LogP contribution is -2.04. The molecule has 0 aliphatic heterocycles. The summed E-state index contributed by atoms with van der Waals surface area (Å²) in [5, 5.41) is 21.0. The molecular formula is C17H12N8. The van der Waals surface area contributed by atoms with Crippen molar-refractivity contribution in [3.8, 4) is 28.7 Å². The van der Waals surface area contributed by atoms with Gasteiger partial charge in [0.05, 0.1) is 11.2 Å². The molecule has 8 nitrogen and oxygen atoms in total. The Balaban J connectivity index is 2.01. The number of benzene rings is 1. The SMILES string of the molecule is Cc1n[nH]nc1-c1nc(N)c(C#N)nc1-c1ccc2ncccc2c1. The van der Waals surface area contributed by atoms with Crippen molar-refractivity contribution in [3.05, 3.63) is 47.9 Å². The van der Waals surface area contributed by atoms with E-state index in [1.54, 1.807) is 6.20 Å². The molecule has 0 spiro atoms. The first kappa shape index (κ1) is 14.7. The summed E-state index contributed by atoms with van der Waals surface area (Å²) in [5.41, 5.74) is 9.81. The number of fused-ring (bicyclic) bond motifs is 1. The maximum Gasteiger partial charge on any atom is 0.183 e. The van der Waals surface area contributed by atoms with Crippen LogP contribution in [-0.4, -0.2) is 30.4 Å². The zero-order valence-corrected chi connectivity index (χ0v) is 13.2. The highest BCUT2D eigenvalue weighted by Crippen LogP contribution is 2.31. The molecule has 3 aromatic heterocycles. The van der Waals surface area contributed by atoms with E-state index in [-0.39, 0.29) is 11.5 Å². The number of pyridine rings is 1. The van der Waals surface area contributed by atoms with Crippen molar-refractivity contribution in [1.29, 1.82) is 5.26 Å². The first-order valence-corrected chi connectivity index (χ1v) is 7.48. The van der Waals surface area contributed by atoms with E-state index in [4.69, 9.17) is 5.73 Å². The Morgan fingerprint density at radius 1 is 1.08 bits per heavy atom. The van der Waals surface area contributed by atoms with Crippen molar-refractivity contribution in [2.24, 2.45) is 0 Å². The molecule has 0 fully saturated rings. The van der Waals surface area contributed by atoms with E-state index >= 15 is 0 Å². The van der Waals surface area contributed by atoms with Gasteiger partial charge in [-0.15, -0.1) is 0 Å². The summed E-state index contributed by atoms with van der Waals surface area (Å²) in [6.45, 7) is 1.81. The number of nitrogens with zero attached hydrogens (tertiary/aromatic N) is 6. The van der Waals surface area contributed by atoms with E-state index in [9.17, 15) is 5.26 Å². The van der Waals surface area contributed by atoms with Crippen LogP contribution >= 0.6 is 0 Å². The number of H-pyrrole nitrogens is 1. The molecule has 0 saturated heterocycles. The third-order valence-corrected chi connectivity index (χ3v) is 3.85. The Bertz CT molecular complexity index is 1140. The van der Waals surface area contributed by atoms with E-state index < -0.39 is 0 Å². The van der Waals surface area contributed by atoms with Crippen LogP contribution in [0, 0.1) is 18.3 Å². The lowest BCUT2D eigenvalue weighted by Gasteiger charge is -2.09. The van der Waals surface area contributed by atoms with Crippen LogP contribution in [0.3, 0.4) is 0 Å². The van der Waals surface area contributed by atoms with Crippen molar-refractivity contribution in [2.45, 2.75) is 6.92 Å². The van der Waals surface area contributed by atoms with Gasteiger partial charge in [-0.3, -0.25) is 4.98 Å². The smallest absolute Gasteiger partial charge is 0.183 e. The average Bonchev–Trinajstić information content (AvgIpc) is 3.07. The number of hydrogen-bond acceptors (Lipinski definition) is 7. The second-order valence-corrected chi connectivity index (χ2v) is 5.43. The van der Waals surface area contributed by atoms with Gasteiger partial charge in [0.25, 0.3) is 0 Å². The maximum absolute atomic E-state index is 9.26. The highest BCUT2D eigenvalue weighted by atomic mass is 15.3. The minimum Gasteiger partial charge on any atom is -0.381 e. The number of rotatable bonds is 2. The Morgan fingerprint density at radius 2 is 1.96 bits per heavy atom. The summed E-state index contributed by atoms with van der Waals surface area (Å²) in [5.74, 6) is 0.0612. The zero-order valence-electron chi connectivity index (χ0n) is 13.2. The molecule has 3 heterocycles. The number of anilines is 1. The number of aromatic amines is 1. The number of nitrogen functional groups attached to an aromatic ring is 1. The van der Waals surface area contributed by atoms with E-state index in [1.165, 1.54) is 0 Å². The van der Waals surface area contributed by atoms with Crippen LogP contribution in [-0.2, 0) is 0 Å². The highest BCUT2D eigenvalue weighted by molar-refractivity contribution is 5.87. The average molecular weight is 328 g/mol. The van der Waals surface area contributed by atoms with Gasteiger partial charge in [0.2, 0.25) is 0 Å². The van der Waals surface area contributed by atoms with Crippen molar-refractivity contribution >= 4 is 16.7 Å². The number of hydrogen-bond donors (Lipinski definition) is 2. The molecule has 0 radical (unpaired) electrons. The third-order valence-electron chi connectivity index (χ3n) is 3.85. The van der Waals surface area contributed by atoms with Gasteiger partial charge >= 0.3 is 0 Å². The maximum atomic E-state index is 9.26. The Hall–Kier alpha value is -3.86. The zero-order chi connectivity index (χ0) is 17.4. The molecule has 1 aromatic carbocycles. The van der Waals surface area contributed by atoms with E-state index in [0.29, 0.717) is 22.8 Å². The largest absolute Gasteiger partial charge is 0.381 e. The van der Waals surface area contributed by atoms with Crippen LogP contribution in [0.4, 0.5) is 5.82 Å². The summed E-state index contributed by atoms with van der Waals surface area (Å²) in [6, 6.07) is 11.5. The molecule has 0 amide bonds. The molecule has 4 aromatic rings. The van der Waals surface area contributed by atoms with Gasteiger partial charge < -0.3 is 5.73 Å². The fourth-order valence-corrected chi connectivity index (χ4v) is 2.63. The van der Waals surface area contributed by atoms with Crippen LogP contribution in [0.1, 0.15) is 11.4 Å². The second kappa shape index (κ2) is 5.65. The van der Waals surface area contributed by atoms with Gasteiger partial charge in [-0.25, -0.2) is 9.97 Å². The van der Waals surface area contributed by atoms with Crippen LogP contribution in [0.5, 0.6) is 0 Å². The lowest BCUT2D eigenvalue weighted by atomic mass is 10.0. The molecule has 120 valence electrons. The summed E-state index contributed by atoms with van der Waals surface area (Å²) in [4.78, 5) is 13.1. The quantitative estimate of drug-likeness (QED) is 0.577. The predicted molar refractivity (Wildman–Crippen MR) is 92.0 cm³/mol. The molecule has 0 bridgehead atoms. The topological polar surface area (TPSA) is 130 Å². The van der Waals surface area contributed by atoms with Crippen molar-refractivity contribution in [3.63, 3.8) is 0 Å². The van der Waals surface area contributed by atoms with E-state index in [2.05, 4.69) is 30.4 Å². The first-order valence-electron chi connectivity index (χ1n) is 7.48. The Morgan fingerprint density at radius 3 is 2.72 bits per heavy atom. The van der Waals surface area contributed by atoms with Gasteiger partial charge in [-0.1, -0.05) is 12.1 Å². The highest BCUT2D eigenvalue weighted by Gasteiger charge is 2.19. The fraction of sp³-hybridized carbons (Fsp3) is 0.0588. The van der Waals surface area contributed by atoms with Gasteiger partial charge in [-0.2, -0.15) is 20.7 Å². The summed E-state index contributed by atoms with van der Waals surface area (Å²) < 4.78 is 0. The van der Waals surface area contributed by atoms with Crippen LogP contribution in [0.2, 0.25) is 0 Å². The summed E-state index contributed by atoms with van der Waals surface area (Å²) >= 11 is 0. The molecule has 8 heteroatoms. The molecule has 0 unspecified atom stereocenters. The number of nitrogens with two attached hydrogens (primary N) is 1. The predicted octanol–water partition coefficient (Wildman–Crippen LogP) is 2.24.